The summed E-state index contributed by atoms with van der Waals surface area (Å²) >= 11 is 0. The van der Waals surface area contributed by atoms with Crippen LogP contribution in [0.1, 0.15) is 25.8 Å². The molecule has 1 aromatic carbocycles. The lowest BCUT2D eigenvalue weighted by Gasteiger charge is -2.25. The van der Waals surface area contributed by atoms with Crippen molar-refractivity contribution in [1.29, 1.82) is 0 Å². The second-order valence-electron chi connectivity index (χ2n) is 5.92. The van der Waals surface area contributed by atoms with Crippen molar-refractivity contribution in [3.05, 3.63) is 35.9 Å². The second-order valence-corrected chi connectivity index (χ2v) is 5.92. The number of nitrogens with one attached hydrogen (secondary N) is 1. The molecule has 4 nitrogen and oxygen atoms in total. The van der Waals surface area contributed by atoms with Gasteiger partial charge in [0, 0.05) is 20.3 Å². The maximum atomic E-state index is 12.0. The van der Waals surface area contributed by atoms with Crippen molar-refractivity contribution in [2.24, 2.45) is 11.1 Å². The van der Waals surface area contributed by atoms with Crippen LogP contribution in [0.15, 0.2) is 30.3 Å². The van der Waals surface area contributed by atoms with Crippen LogP contribution in [-0.2, 0) is 16.0 Å². The number of amides is 1. The van der Waals surface area contributed by atoms with Crippen LogP contribution in [0.25, 0.3) is 0 Å². The predicted molar refractivity (Wildman–Crippen MR) is 81.4 cm³/mol. The second kappa shape index (κ2) is 8.02. The molecular weight excluding hydrogens is 252 g/mol. The fourth-order valence-corrected chi connectivity index (χ4v) is 1.88. The number of carbonyl (C=O) groups is 1. The summed E-state index contributed by atoms with van der Waals surface area (Å²) in [7, 11) is 1.68. The molecule has 0 aliphatic heterocycles. The lowest BCUT2D eigenvalue weighted by atomic mass is 9.89. The Morgan fingerprint density at radius 2 is 2.00 bits per heavy atom. The zero-order valence-electron chi connectivity index (χ0n) is 12.7. The first-order valence-corrected chi connectivity index (χ1v) is 7.01. The standard InChI is InChI=1S/C16H26N2O2/c1-16(2,9-10-20-3)12-18-15(19)14(17)11-13-7-5-4-6-8-13/h4-8,14H,9-12,17H2,1-3H3,(H,18,19)/t14-/m1/s1. The van der Waals surface area contributed by atoms with Gasteiger partial charge >= 0.3 is 0 Å². The van der Waals surface area contributed by atoms with Crippen molar-refractivity contribution in [2.45, 2.75) is 32.7 Å². The zero-order valence-corrected chi connectivity index (χ0v) is 12.7. The predicted octanol–water partition coefficient (Wildman–Crippen LogP) is 1.74. The van der Waals surface area contributed by atoms with Crippen molar-refractivity contribution >= 4 is 5.91 Å². The van der Waals surface area contributed by atoms with Crippen molar-refractivity contribution in [3.63, 3.8) is 0 Å². The molecule has 4 heteroatoms. The highest BCUT2D eigenvalue weighted by Gasteiger charge is 2.21. The third kappa shape index (κ3) is 6.17. The van der Waals surface area contributed by atoms with Gasteiger partial charge < -0.3 is 15.8 Å². The van der Waals surface area contributed by atoms with E-state index >= 15 is 0 Å². The smallest absolute Gasteiger partial charge is 0.237 e. The van der Waals surface area contributed by atoms with Crippen LogP contribution in [0.4, 0.5) is 0 Å². The molecule has 0 spiro atoms. The summed E-state index contributed by atoms with van der Waals surface area (Å²) in [6, 6.07) is 9.32. The molecule has 1 aromatic rings. The molecule has 0 aliphatic carbocycles. The molecule has 1 rings (SSSR count). The molecule has 0 saturated carbocycles. The fraction of sp³-hybridized carbons (Fsp3) is 0.562. The monoisotopic (exact) mass is 278 g/mol. The van der Waals surface area contributed by atoms with Gasteiger partial charge in [0.15, 0.2) is 0 Å². The van der Waals surface area contributed by atoms with Crippen molar-refractivity contribution < 1.29 is 9.53 Å². The number of nitrogens with two attached hydrogens (primary N) is 1. The van der Waals surface area contributed by atoms with E-state index < -0.39 is 6.04 Å². The fourth-order valence-electron chi connectivity index (χ4n) is 1.88. The summed E-state index contributed by atoms with van der Waals surface area (Å²) in [4.78, 5) is 12.0. The quantitative estimate of drug-likeness (QED) is 0.761. The minimum Gasteiger partial charge on any atom is -0.385 e. The third-order valence-corrected chi connectivity index (χ3v) is 3.36. The minimum absolute atomic E-state index is 0.0120. The number of hydrogen-bond acceptors (Lipinski definition) is 3. The van der Waals surface area contributed by atoms with Gasteiger partial charge in [-0.25, -0.2) is 0 Å². The SMILES string of the molecule is COCCC(C)(C)CNC(=O)[C@H](N)Cc1ccccc1. The average molecular weight is 278 g/mol. The van der Waals surface area contributed by atoms with Crippen molar-refractivity contribution in [1.82, 2.24) is 5.32 Å². The Balaban J connectivity index is 2.38. The molecule has 0 fully saturated rings. The molecule has 0 aliphatic rings. The van der Waals surface area contributed by atoms with E-state index in [2.05, 4.69) is 19.2 Å². The number of hydrogen-bond donors (Lipinski definition) is 2. The summed E-state index contributed by atoms with van der Waals surface area (Å²) < 4.78 is 5.07. The molecule has 112 valence electrons. The summed E-state index contributed by atoms with van der Waals surface area (Å²) in [6.45, 7) is 5.51. The van der Waals surface area contributed by atoms with Gasteiger partial charge in [-0.05, 0) is 23.8 Å². The molecule has 1 atom stereocenters. The normalized spacial score (nSPS) is 13.0. The van der Waals surface area contributed by atoms with Gasteiger partial charge in [0.25, 0.3) is 0 Å². The van der Waals surface area contributed by atoms with Gasteiger partial charge in [-0.3, -0.25) is 4.79 Å². The molecule has 0 aromatic heterocycles. The molecule has 0 unspecified atom stereocenters. The lowest BCUT2D eigenvalue weighted by Crippen LogP contribution is -2.45. The third-order valence-electron chi connectivity index (χ3n) is 3.36. The Morgan fingerprint density at radius 1 is 1.35 bits per heavy atom. The molecular formula is C16H26N2O2. The Labute approximate surface area is 121 Å². The van der Waals surface area contributed by atoms with E-state index in [0.717, 1.165) is 12.0 Å². The number of carbonyl (C=O) groups excluding carboxylic acids is 1. The van der Waals surface area contributed by atoms with E-state index in [1.54, 1.807) is 7.11 Å². The van der Waals surface area contributed by atoms with Gasteiger partial charge in [0.2, 0.25) is 5.91 Å². The Hall–Kier alpha value is -1.39. The van der Waals surface area contributed by atoms with Gasteiger partial charge in [-0.2, -0.15) is 0 Å². The summed E-state index contributed by atoms with van der Waals surface area (Å²) in [6.07, 6.45) is 1.46. The molecule has 20 heavy (non-hydrogen) atoms. The van der Waals surface area contributed by atoms with Crippen LogP contribution < -0.4 is 11.1 Å². The first-order valence-electron chi connectivity index (χ1n) is 7.01. The first-order chi connectivity index (χ1) is 9.44. The summed E-state index contributed by atoms with van der Waals surface area (Å²) in [5.41, 5.74) is 7.03. The highest BCUT2D eigenvalue weighted by Crippen LogP contribution is 2.18. The summed E-state index contributed by atoms with van der Waals surface area (Å²) in [5.74, 6) is -0.0978. The Morgan fingerprint density at radius 3 is 2.60 bits per heavy atom. The average Bonchev–Trinajstić information content (AvgIpc) is 2.44. The largest absolute Gasteiger partial charge is 0.385 e. The van der Waals surface area contributed by atoms with Gasteiger partial charge in [-0.1, -0.05) is 44.2 Å². The van der Waals surface area contributed by atoms with Crippen LogP contribution in [0, 0.1) is 5.41 Å². The highest BCUT2D eigenvalue weighted by molar-refractivity contribution is 5.81. The Bertz CT molecular complexity index is 404. The zero-order chi connectivity index (χ0) is 15.0. The topological polar surface area (TPSA) is 64.3 Å². The molecule has 0 radical (unpaired) electrons. The molecule has 0 saturated heterocycles. The maximum Gasteiger partial charge on any atom is 0.237 e. The minimum atomic E-state index is -0.504. The van der Waals surface area contributed by atoms with Gasteiger partial charge in [0.1, 0.15) is 0 Å². The van der Waals surface area contributed by atoms with E-state index in [-0.39, 0.29) is 11.3 Å². The van der Waals surface area contributed by atoms with E-state index in [1.807, 2.05) is 30.3 Å². The first kappa shape index (κ1) is 16.7. The molecule has 0 heterocycles. The van der Waals surface area contributed by atoms with Crippen molar-refractivity contribution in [2.75, 3.05) is 20.3 Å². The van der Waals surface area contributed by atoms with Crippen molar-refractivity contribution in [3.8, 4) is 0 Å². The summed E-state index contributed by atoms with van der Waals surface area (Å²) in [5, 5.41) is 2.93. The van der Waals surface area contributed by atoms with Gasteiger partial charge in [0.05, 0.1) is 6.04 Å². The van der Waals surface area contributed by atoms with Gasteiger partial charge in [-0.15, -0.1) is 0 Å². The van der Waals surface area contributed by atoms with Crippen LogP contribution in [0.3, 0.4) is 0 Å². The van der Waals surface area contributed by atoms with Crippen LogP contribution in [0.5, 0.6) is 0 Å². The molecule has 3 N–H and O–H groups in total. The van der Waals surface area contributed by atoms with Crippen LogP contribution in [-0.4, -0.2) is 32.2 Å². The van der Waals surface area contributed by atoms with E-state index in [1.165, 1.54) is 0 Å². The van der Waals surface area contributed by atoms with E-state index in [0.29, 0.717) is 19.6 Å². The Kier molecular flexibility index (Phi) is 6.68. The van der Waals surface area contributed by atoms with Crippen LogP contribution >= 0.6 is 0 Å². The van der Waals surface area contributed by atoms with E-state index in [4.69, 9.17) is 10.5 Å². The maximum absolute atomic E-state index is 12.0. The number of methoxy groups -OCH3 is 1. The highest BCUT2D eigenvalue weighted by atomic mass is 16.5. The number of benzene rings is 1. The van der Waals surface area contributed by atoms with Crippen LogP contribution in [0.2, 0.25) is 0 Å². The number of rotatable bonds is 8. The lowest BCUT2D eigenvalue weighted by molar-refractivity contribution is -0.122. The molecule has 0 bridgehead atoms. The van der Waals surface area contributed by atoms with E-state index in [9.17, 15) is 4.79 Å². The molecule has 1 amide bonds. The number of ether oxygens (including phenoxy) is 1.